The summed E-state index contributed by atoms with van der Waals surface area (Å²) in [4.78, 5) is 0. The fourth-order valence-electron chi connectivity index (χ4n) is 2.28. The minimum absolute atomic E-state index is 0.122. The maximum absolute atomic E-state index is 9.45. The average molecular weight is 236 g/mol. The lowest BCUT2D eigenvalue weighted by Crippen LogP contribution is -2.28. The molecule has 0 aliphatic heterocycles. The lowest BCUT2D eigenvalue weighted by Gasteiger charge is -2.27. The SMILES string of the molecule is COc1cc(N)cc(NC2CCC(O)CC2)c1. The Kier molecular flexibility index (Phi) is 3.74. The molecule has 1 aromatic rings. The molecular weight excluding hydrogens is 216 g/mol. The molecule has 0 radical (unpaired) electrons. The van der Waals surface area contributed by atoms with Gasteiger partial charge in [0.2, 0.25) is 0 Å². The zero-order valence-corrected chi connectivity index (χ0v) is 10.1. The van der Waals surface area contributed by atoms with Gasteiger partial charge in [0.15, 0.2) is 0 Å². The maximum atomic E-state index is 9.45. The summed E-state index contributed by atoms with van der Waals surface area (Å²) in [5, 5.41) is 12.9. The molecule has 1 aliphatic rings. The van der Waals surface area contributed by atoms with Crippen LogP contribution in [0.1, 0.15) is 25.7 Å². The molecule has 1 fully saturated rings. The first-order valence-corrected chi connectivity index (χ1v) is 6.06. The van der Waals surface area contributed by atoms with Crippen LogP contribution < -0.4 is 15.8 Å². The van der Waals surface area contributed by atoms with E-state index in [1.54, 1.807) is 13.2 Å². The molecule has 0 bridgehead atoms. The Labute approximate surface area is 102 Å². The minimum atomic E-state index is -0.122. The molecule has 1 aliphatic carbocycles. The number of hydrogen-bond acceptors (Lipinski definition) is 4. The number of nitrogens with one attached hydrogen (secondary N) is 1. The number of nitrogens with two attached hydrogens (primary N) is 1. The van der Waals surface area contributed by atoms with Crippen molar-refractivity contribution in [2.45, 2.75) is 37.8 Å². The van der Waals surface area contributed by atoms with Crippen LogP contribution in [-0.4, -0.2) is 24.4 Å². The van der Waals surface area contributed by atoms with Gasteiger partial charge in [-0.25, -0.2) is 0 Å². The van der Waals surface area contributed by atoms with Gasteiger partial charge >= 0.3 is 0 Å². The van der Waals surface area contributed by atoms with Crippen LogP contribution in [0.3, 0.4) is 0 Å². The minimum Gasteiger partial charge on any atom is -0.497 e. The van der Waals surface area contributed by atoms with E-state index < -0.39 is 0 Å². The van der Waals surface area contributed by atoms with Gasteiger partial charge in [-0.3, -0.25) is 0 Å². The fraction of sp³-hybridized carbons (Fsp3) is 0.538. The van der Waals surface area contributed by atoms with Crippen molar-refractivity contribution in [1.29, 1.82) is 0 Å². The Morgan fingerprint density at radius 2 is 1.94 bits per heavy atom. The molecule has 1 aromatic carbocycles. The second-order valence-corrected chi connectivity index (χ2v) is 4.64. The Hall–Kier alpha value is -1.42. The third-order valence-electron chi connectivity index (χ3n) is 3.23. The smallest absolute Gasteiger partial charge is 0.122 e. The lowest BCUT2D eigenvalue weighted by molar-refractivity contribution is 0.126. The molecule has 4 N–H and O–H groups in total. The summed E-state index contributed by atoms with van der Waals surface area (Å²) in [5.41, 5.74) is 7.49. The summed E-state index contributed by atoms with van der Waals surface area (Å²) in [7, 11) is 1.63. The first kappa shape index (κ1) is 12.0. The quantitative estimate of drug-likeness (QED) is 0.702. The van der Waals surface area contributed by atoms with Crippen LogP contribution in [0.2, 0.25) is 0 Å². The summed E-state index contributed by atoms with van der Waals surface area (Å²) < 4.78 is 5.18. The second kappa shape index (κ2) is 5.27. The highest BCUT2D eigenvalue weighted by Crippen LogP contribution is 2.26. The van der Waals surface area contributed by atoms with Crippen LogP contribution in [0, 0.1) is 0 Å². The molecule has 4 heteroatoms. The monoisotopic (exact) mass is 236 g/mol. The molecule has 0 atom stereocenters. The van der Waals surface area contributed by atoms with E-state index >= 15 is 0 Å². The van der Waals surface area contributed by atoms with Gasteiger partial charge in [-0.05, 0) is 31.7 Å². The molecule has 2 rings (SSSR count). The highest BCUT2D eigenvalue weighted by Gasteiger charge is 2.19. The summed E-state index contributed by atoms with van der Waals surface area (Å²) >= 11 is 0. The van der Waals surface area contributed by atoms with E-state index in [1.165, 1.54) is 0 Å². The van der Waals surface area contributed by atoms with Crippen LogP contribution in [0.15, 0.2) is 18.2 Å². The van der Waals surface area contributed by atoms with Gasteiger partial charge < -0.3 is 20.9 Å². The Morgan fingerprint density at radius 3 is 2.59 bits per heavy atom. The summed E-state index contributed by atoms with van der Waals surface area (Å²) in [6.07, 6.45) is 3.62. The largest absolute Gasteiger partial charge is 0.497 e. The highest BCUT2D eigenvalue weighted by molar-refractivity contribution is 5.59. The second-order valence-electron chi connectivity index (χ2n) is 4.64. The van der Waals surface area contributed by atoms with Crippen molar-refractivity contribution < 1.29 is 9.84 Å². The molecule has 0 aromatic heterocycles. The molecule has 0 amide bonds. The van der Waals surface area contributed by atoms with Crippen LogP contribution in [0.4, 0.5) is 11.4 Å². The third kappa shape index (κ3) is 3.27. The molecular formula is C13H20N2O2. The van der Waals surface area contributed by atoms with Gasteiger partial charge in [0, 0.05) is 29.5 Å². The van der Waals surface area contributed by atoms with Crippen molar-refractivity contribution in [3.8, 4) is 5.75 Å². The van der Waals surface area contributed by atoms with E-state index in [2.05, 4.69) is 5.32 Å². The molecule has 0 heterocycles. The Morgan fingerprint density at radius 1 is 1.24 bits per heavy atom. The van der Waals surface area contributed by atoms with Crippen LogP contribution in [0.5, 0.6) is 5.75 Å². The lowest BCUT2D eigenvalue weighted by atomic mass is 9.93. The molecule has 94 valence electrons. The van der Waals surface area contributed by atoms with E-state index in [-0.39, 0.29) is 6.10 Å². The maximum Gasteiger partial charge on any atom is 0.122 e. The number of methoxy groups -OCH3 is 1. The zero-order valence-electron chi connectivity index (χ0n) is 10.1. The Balaban J connectivity index is 2.00. The molecule has 0 spiro atoms. The van der Waals surface area contributed by atoms with Crippen LogP contribution >= 0.6 is 0 Å². The predicted octanol–water partition coefficient (Wildman–Crippen LogP) is 1.99. The molecule has 0 saturated heterocycles. The number of aliphatic hydroxyl groups excluding tert-OH is 1. The van der Waals surface area contributed by atoms with Crippen molar-refractivity contribution in [2.24, 2.45) is 0 Å². The summed E-state index contributed by atoms with van der Waals surface area (Å²) in [6.45, 7) is 0. The van der Waals surface area contributed by atoms with E-state index in [9.17, 15) is 5.11 Å². The average Bonchev–Trinajstić information content (AvgIpc) is 2.31. The van der Waals surface area contributed by atoms with E-state index in [1.807, 2.05) is 12.1 Å². The number of hydrogen-bond donors (Lipinski definition) is 3. The number of nitrogen functional groups attached to an aromatic ring is 1. The van der Waals surface area contributed by atoms with E-state index in [4.69, 9.17) is 10.5 Å². The van der Waals surface area contributed by atoms with Crippen molar-refractivity contribution >= 4 is 11.4 Å². The number of aliphatic hydroxyl groups is 1. The number of benzene rings is 1. The highest BCUT2D eigenvalue weighted by atomic mass is 16.5. The van der Waals surface area contributed by atoms with Crippen molar-refractivity contribution in [3.05, 3.63) is 18.2 Å². The van der Waals surface area contributed by atoms with Gasteiger partial charge in [0.1, 0.15) is 5.75 Å². The first-order chi connectivity index (χ1) is 8.17. The zero-order chi connectivity index (χ0) is 12.3. The normalized spacial score (nSPS) is 24.4. The molecule has 17 heavy (non-hydrogen) atoms. The molecule has 1 saturated carbocycles. The van der Waals surface area contributed by atoms with Crippen molar-refractivity contribution in [3.63, 3.8) is 0 Å². The van der Waals surface area contributed by atoms with Crippen LogP contribution in [-0.2, 0) is 0 Å². The van der Waals surface area contributed by atoms with Crippen molar-refractivity contribution in [1.82, 2.24) is 0 Å². The van der Waals surface area contributed by atoms with Crippen molar-refractivity contribution in [2.75, 3.05) is 18.2 Å². The molecule has 0 unspecified atom stereocenters. The van der Waals surface area contributed by atoms with Gasteiger partial charge in [-0.15, -0.1) is 0 Å². The van der Waals surface area contributed by atoms with E-state index in [0.717, 1.165) is 37.1 Å². The topological polar surface area (TPSA) is 67.5 Å². The first-order valence-electron chi connectivity index (χ1n) is 6.06. The summed E-state index contributed by atoms with van der Waals surface area (Å²) in [6, 6.07) is 6.08. The third-order valence-corrected chi connectivity index (χ3v) is 3.23. The van der Waals surface area contributed by atoms with Gasteiger partial charge in [0.25, 0.3) is 0 Å². The predicted molar refractivity (Wildman–Crippen MR) is 69.3 cm³/mol. The van der Waals surface area contributed by atoms with Crippen LogP contribution in [0.25, 0.3) is 0 Å². The van der Waals surface area contributed by atoms with Gasteiger partial charge in [0.05, 0.1) is 13.2 Å². The Bertz CT molecular complexity index is 374. The fourth-order valence-corrected chi connectivity index (χ4v) is 2.28. The molecule has 4 nitrogen and oxygen atoms in total. The standard InChI is InChI=1S/C13H20N2O2/c1-17-13-7-9(14)6-11(8-13)15-10-2-4-12(16)5-3-10/h6-8,10,12,15-16H,2-5,14H2,1H3. The summed E-state index contributed by atoms with van der Waals surface area (Å²) in [5.74, 6) is 0.767. The number of anilines is 2. The van der Waals surface area contributed by atoms with E-state index in [0.29, 0.717) is 11.7 Å². The number of rotatable bonds is 3. The van der Waals surface area contributed by atoms with Gasteiger partial charge in [-0.1, -0.05) is 0 Å². The number of ether oxygens (including phenoxy) is 1. The van der Waals surface area contributed by atoms with Gasteiger partial charge in [-0.2, -0.15) is 0 Å².